The van der Waals surface area contributed by atoms with Gasteiger partial charge in [-0.2, -0.15) is 0 Å². The van der Waals surface area contributed by atoms with Crippen molar-refractivity contribution in [2.75, 3.05) is 6.61 Å². The number of hydrogen-bond acceptors (Lipinski definition) is 2. The van der Waals surface area contributed by atoms with E-state index in [-0.39, 0.29) is 12.2 Å². The maximum atomic E-state index is 11.7. The number of carboxylic acids is 1. The topological polar surface area (TPSA) is 51.5 Å². The van der Waals surface area contributed by atoms with Gasteiger partial charge in [0.1, 0.15) is 5.69 Å². The molecule has 1 N–H and O–H groups in total. The van der Waals surface area contributed by atoms with E-state index in [1.807, 2.05) is 0 Å². The molecule has 0 atom stereocenters. The minimum absolute atomic E-state index is 0.0224. The Kier molecular flexibility index (Phi) is 3.58. The van der Waals surface area contributed by atoms with Crippen LogP contribution in [0.3, 0.4) is 0 Å². The van der Waals surface area contributed by atoms with E-state index in [1.54, 1.807) is 6.92 Å². The lowest BCUT2D eigenvalue weighted by atomic mass is 10.3. The van der Waals surface area contributed by atoms with E-state index in [2.05, 4.69) is 4.74 Å². The number of aromatic carboxylic acids is 1. The Morgan fingerprint density at radius 2 is 2.19 bits per heavy atom. The largest absolute Gasteiger partial charge is 0.522 e. The summed E-state index contributed by atoms with van der Waals surface area (Å²) in [6.07, 6.45) is -3.27. The van der Waals surface area contributed by atoms with Gasteiger partial charge in [-0.3, -0.25) is 4.74 Å². The highest BCUT2D eigenvalue weighted by Gasteiger charge is 2.28. The van der Waals surface area contributed by atoms with E-state index in [1.165, 1.54) is 16.8 Å². The highest BCUT2D eigenvalue weighted by Crippen LogP contribution is 2.16. The smallest absolute Gasteiger partial charge is 0.477 e. The molecule has 0 unspecified atom stereocenters. The standard InChI is InChI=1S/C9H10F3NO3/c1-6-2-3-13(7(6)8(14)15)4-5-16-9(10,11)12/h2-3H,4-5H2,1H3,(H,14,15). The molecule has 7 heteroatoms. The maximum Gasteiger partial charge on any atom is 0.522 e. The fraction of sp³-hybridized carbons (Fsp3) is 0.444. The second kappa shape index (κ2) is 4.56. The summed E-state index contributed by atoms with van der Waals surface area (Å²) in [4.78, 5) is 10.8. The van der Waals surface area contributed by atoms with Crippen molar-refractivity contribution in [3.63, 3.8) is 0 Å². The third-order valence-corrected chi connectivity index (χ3v) is 1.97. The zero-order valence-electron chi connectivity index (χ0n) is 8.41. The molecule has 0 bridgehead atoms. The summed E-state index contributed by atoms with van der Waals surface area (Å²) in [5.74, 6) is -1.17. The summed E-state index contributed by atoms with van der Waals surface area (Å²) in [6, 6.07) is 1.52. The average molecular weight is 237 g/mol. The lowest BCUT2D eigenvalue weighted by Crippen LogP contribution is -2.19. The molecule has 0 saturated heterocycles. The van der Waals surface area contributed by atoms with E-state index in [9.17, 15) is 18.0 Å². The normalized spacial score (nSPS) is 11.8. The monoisotopic (exact) mass is 237 g/mol. The highest BCUT2D eigenvalue weighted by molar-refractivity contribution is 5.87. The number of halogens is 3. The van der Waals surface area contributed by atoms with E-state index in [0.717, 1.165) is 0 Å². The van der Waals surface area contributed by atoms with Crippen LogP contribution in [-0.4, -0.2) is 28.6 Å². The van der Waals surface area contributed by atoms with Crippen molar-refractivity contribution in [2.24, 2.45) is 0 Å². The highest BCUT2D eigenvalue weighted by atomic mass is 19.4. The summed E-state index contributed by atoms with van der Waals surface area (Å²) in [5.41, 5.74) is 0.477. The van der Waals surface area contributed by atoms with Crippen LogP contribution in [0.4, 0.5) is 13.2 Å². The predicted octanol–water partition coefficient (Wildman–Crippen LogP) is 2.03. The Bertz CT molecular complexity index is 384. The molecule has 0 amide bonds. The number of hydrogen-bond donors (Lipinski definition) is 1. The van der Waals surface area contributed by atoms with Crippen molar-refractivity contribution in [3.8, 4) is 0 Å². The number of alkyl halides is 3. The van der Waals surface area contributed by atoms with Gasteiger partial charge in [-0.25, -0.2) is 4.79 Å². The minimum Gasteiger partial charge on any atom is -0.477 e. The maximum absolute atomic E-state index is 11.7. The van der Waals surface area contributed by atoms with Crippen LogP contribution in [0.2, 0.25) is 0 Å². The molecule has 1 aromatic heterocycles. The van der Waals surface area contributed by atoms with Crippen LogP contribution in [0.1, 0.15) is 16.1 Å². The predicted molar refractivity (Wildman–Crippen MR) is 48.1 cm³/mol. The van der Waals surface area contributed by atoms with Gasteiger partial charge in [0, 0.05) is 12.7 Å². The van der Waals surface area contributed by atoms with Gasteiger partial charge in [-0.05, 0) is 18.6 Å². The number of aryl methyl sites for hydroxylation is 1. The van der Waals surface area contributed by atoms with Gasteiger partial charge in [0.25, 0.3) is 0 Å². The van der Waals surface area contributed by atoms with Gasteiger partial charge in [-0.15, -0.1) is 13.2 Å². The molecule has 4 nitrogen and oxygen atoms in total. The lowest BCUT2D eigenvalue weighted by molar-refractivity contribution is -0.325. The number of carbonyl (C=O) groups is 1. The third kappa shape index (κ3) is 3.27. The van der Waals surface area contributed by atoms with E-state index < -0.39 is 18.9 Å². The van der Waals surface area contributed by atoms with Gasteiger partial charge < -0.3 is 9.67 Å². The molecule has 0 aliphatic rings. The van der Waals surface area contributed by atoms with Gasteiger partial charge in [0.2, 0.25) is 0 Å². The fourth-order valence-corrected chi connectivity index (χ4v) is 1.32. The van der Waals surface area contributed by atoms with Gasteiger partial charge >= 0.3 is 12.3 Å². The Hall–Kier alpha value is -1.50. The molecule has 90 valence electrons. The first-order chi connectivity index (χ1) is 7.31. The molecule has 1 aromatic rings. The molecular weight excluding hydrogens is 227 g/mol. The summed E-state index contributed by atoms with van der Waals surface area (Å²) in [7, 11) is 0. The van der Waals surface area contributed by atoms with E-state index >= 15 is 0 Å². The SMILES string of the molecule is Cc1ccn(CCOC(F)(F)F)c1C(=O)O. The molecule has 1 rings (SSSR count). The molecule has 0 fully saturated rings. The van der Waals surface area contributed by atoms with Crippen molar-refractivity contribution in [1.82, 2.24) is 4.57 Å². The number of aromatic nitrogens is 1. The number of rotatable bonds is 4. The van der Waals surface area contributed by atoms with Crippen molar-refractivity contribution in [3.05, 3.63) is 23.5 Å². The zero-order chi connectivity index (χ0) is 12.3. The fourth-order valence-electron chi connectivity index (χ4n) is 1.32. The Labute approximate surface area is 89.2 Å². The van der Waals surface area contributed by atoms with Crippen LogP contribution in [0.15, 0.2) is 12.3 Å². The van der Waals surface area contributed by atoms with Crippen molar-refractivity contribution in [1.29, 1.82) is 0 Å². The van der Waals surface area contributed by atoms with Crippen LogP contribution in [0.5, 0.6) is 0 Å². The van der Waals surface area contributed by atoms with E-state index in [0.29, 0.717) is 5.56 Å². The molecular formula is C9H10F3NO3. The number of carboxylic acid groups (broad SMARTS) is 1. The molecule has 0 spiro atoms. The Morgan fingerprint density at radius 1 is 1.56 bits per heavy atom. The third-order valence-electron chi connectivity index (χ3n) is 1.97. The summed E-state index contributed by atoms with van der Waals surface area (Å²) in [5, 5.41) is 8.81. The second-order valence-electron chi connectivity index (χ2n) is 3.14. The number of ether oxygens (including phenoxy) is 1. The number of nitrogens with zero attached hydrogens (tertiary/aromatic N) is 1. The first-order valence-electron chi connectivity index (χ1n) is 4.41. The quantitative estimate of drug-likeness (QED) is 0.871. The summed E-state index contributed by atoms with van der Waals surface area (Å²) >= 11 is 0. The van der Waals surface area contributed by atoms with Crippen LogP contribution in [-0.2, 0) is 11.3 Å². The second-order valence-corrected chi connectivity index (χ2v) is 3.14. The Balaban J connectivity index is 2.64. The van der Waals surface area contributed by atoms with Crippen molar-refractivity contribution < 1.29 is 27.8 Å². The first kappa shape index (κ1) is 12.6. The van der Waals surface area contributed by atoms with Crippen LogP contribution in [0.25, 0.3) is 0 Å². The molecule has 16 heavy (non-hydrogen) atoms. The Morgan fingerprint density at radius 3 is 2.69 bits per heavy atom. The molecule has 0 aromatic carbocycles. The summed E-state index contributed by atoms with van der Waals surface area (Å²) in [6.45, 7) is 0.803. The van der Waals surface area contributed by atoms with Crippen LogP contribution < -0.4 is 0 Å². The van der Waals surface area contributed by atoms with Gasteiger partial charge in [0.05, 0.1) is 6.61 Å². The van der Waals surface area contributed by atoms with Crippen molar-refractivity contribution in [2.45, 2.75) is 19.8 Å². The minimum atomic E-state index is -4.69. The molecule has 0 saturated carbocycles. The molecule has 0 radical (unpaired) electrons. The van der Waals surface area contributed by atoms with Crippen molar-refractivity contribution >= 4 is 5.97 Å². The zero-order valence-corrected chi connectivity index (χ0v) is 8.41. The molecule has 0 aliphatic carbocycles. The van der Waals surface area contributed by atoms with Gasteiger partial charge in [-0.1, -0.05) is 0 Å². The van der Waals surface area contributed by atoms with E-state index in [4.69, 9.17) is 5.11 Å². The average Bonchev–Trinajstić information content (AvgIpc) is 2.44. The lowest BCUT2D eigenvalue weighted by Gasteiger charge is -2.09. The first-order valence-corrected chi connectivity index (χ1v) is 4.41. The summed E-state index contributed by atoms with van der Waals surface area (Å²) < 4.78 is 39.8. The molecule has 0 aliphatic heterocycles. The van der Waals surface area contributed by atoms with Crippen LogP contribution in [0, 0.1) is 6.92 Å². The van der Waals surface area contributed by atoms with Crippen LogP contribution >= 0.6 is 0 Å². The van der Waals surface area contributed by atoms with Gasteiger partial charge in [0.15, 0.2) is 0 Å². The molecule has 1 heterocycles.